The number of rotatable bonds is 5. The van der Waals surface area contributed by atoms with E-state index in [0.717, 1.165) is 11.3 Å². The van der Waals surface area contributed by atoms with Crippen molar-refractivity contribution in [1.82, 2.24) is 9.78 Å². The van der Waals surface area contributed by atoms with Crippen molar-refractivity contribution in [2.45, 2.75) is 6.10 Å². The molecule has 1 aromatic heterocycles. The molecular weight excluding hydrogens is 264 g/mol. The number of aliphatic hydroxyl groups is 1. The van der Waals surface area contributed by atoms with Gasteiger partial charge in [0.15, 0.2) is 0 Å². The van der Waals surface area contributed by atoms with Gasteiger partial charge in [-0.1, -0.05) is 36.4 Å². The summed E-state index contributed by atoms with van der Waals surface area (Å²) < 4.78 is 7.43. The lowest BCUT2D eigenvalue weighted by atomic mass is 10.1. The fourth-order valence-electron chi connectivity index (χ4n) is 2.08. The average Bonchev–Trinajstić information content (AvgIpc) is 3.08. The van der Waals surface area contributed by atoms with Crippen LogP contribution in [0.25, 0.3) is 5.69 Å². The number of ether oxygens (including phenoxy) is 1. The number of benzene rings is 2. The molecule has 0 spiro atoms. The van der Waals surface area contributed by atoms with Crippen molar-refractivity contribution in [3.63, 3.8) is 0 Å². The molecule has 0 fully saturated rings. The maximum Gasteiger partial charge on any atom is 0.121 e. The molecule has 0 aliphatic heterocycles. The molecule has 3 aromatic rings. The largest absolute Gasteiger partial charge is 0.490 e. The third-order valence-corrected chi connectivity index (χ3v) is 3.18. The molecule has 0 saturated carbocycles. The van der Waals surface area contributed by atoms with Crippen LogP contribution in [0.2, 0.25) is 0 Å². The summed E-state index contributed by atoms with van der Waals surface area (Å²) in [4.78, 5) is 0. The Kier molecular flexibility index (Phi) is 3.98. The molecule has 1 unspecified atom stereocenters. The van der Waals surface area contributed by atoms with Gasteiger partial charge in [0.2, 0.25) is 0 Å². The summed E-state index contributed by atoms with van der Waals surface area (Å²) in [5.74, 6) is 0.706. The van der Waals surface area contributed by atoms with Gasteiger partial charge in [0.25, 0.3) is 0 Å². The van der Waals surface area contributed by atoms with Gasteiger partial charge in [-0.2, -0.15) is 5.10 Å². The van der Waals surface area contributed by atoms with Gasteiger partial charge >= 0.3 is 0 Å². The van der Waals surface area contributed by atoms with Crippen LogP contribution in [0.15, 0.2) is 73.1 Å². The highest BCUT2D eigenvalue weighted by Crippen LogP contribution is 2.19. The van der Waals surface area contributed by atoms with Gasteiger partial charge in [-0.25, -0.2) is 4.68 Å². The fraction of sp³-hybridized carbons (Fsp3) is 0.118. The molecule has 0 bridgehead atoms. The van der Waals surface area contributed by atoms with Gasteiger partial charge in [-0.05, 0) is 23.8 Å². The first-order chi connectivity index (χ1) is 10.3. The number of hydrogen-bond acceptors (Lipinski definition) is 3. The standard InChI is InChI=1S/C17H16N2O2/c20-17(14-6-2-1-3-7-14)13-21-16-9-4-8-15(12-16)19-11-5-10-18-19/h1-12,17,20H,13H2. The van der Waals surface area contributed by atoms with Gasteiger partial charge in [-0.3, -0.25) is 0 Å². The average molecular weight is 280 g/mol. The van der Waals surface area contributed by atoms with E-state index >= 15 is 0 Å². The quantitative estimate of drug-likeness (QED) is 0.781. The summed E-state index contributed by atoms with van der Waals surface area (Å²) in [6, 6.07) is 19.0. The van der Waals surface area contributed by atoms with E-state index in [2.05, 4.69) is 5.10 Å². The molecule has 0 aliphatic rings. The molecule has 0 aliphatic carbocycles. The third-order valence-electron chi connectivity index (χ3n) is 3.18. The molecule has 3 rings (SSSR count). The Hall–Kier alpha value is -2.59. The summed E-state index contributed by atoms with van der Waals surface area (Å²) in [6.07, 6.45) is 2.96. The minimum atomic E-state index is -0.639. The van der Waals surface area contributed by atoms with E-state index in [1.807, 2.05) is 66.9 Å². The zero-order chi connectivity index (χ0) is 14.5. The topological polar surface area (TPSA) is 47.3 Å². The monoisotopic (exact) mass is 280 g/mol. The van der Waals surface area contributed by atoms with Crippen LogP contribution in [0.3, 0.4) is 0 Å². The fourth-order valence-corrected chi connectivity index (χ4v) is 2.08. The summed E-state index contributed by atoms with van der Waals surface area (Å²) in [5, 5.41) is 14.3. The normalized spacial score (nSPS) is 12.0. The van der Waals surface area contributed by atoms with Gasteiger partial charge in [-0.15, -0.1) is 0 Å². The van der Waals surface area contributed by atoms with Crippen molar-refractivity contribution in [3.05, 3.63) is 78.6 Å². The molecule has 0 radical (unpaired) electrons. The lowest BCUT2D eigenvalue weighted by molar-refractivity contribution is 0.108. The van der Waals surface area contributed by atoms with Gasteiger partial charge in [0.1, 0.15) is 18.5 Å². The SMILES string of the molecule is OC(COc1cccc(-n2cccn2)c1)c1ccccc1. The highest BCUT2D eigenvalue weighted by molar-refractivity contribution is 5.38. The van der Waals surface area contributed by atoms with Gasteiger partial charge < -0.3 is 9.84 Å². The molecule has 1 atom stereocenters. The second-order valence-electron chi connectivity index (χ2n) is 4.69. The second kappa shape index (κ2) is 6.24. The molecule has 21 heavy (non-hydrogen) atoms. The Labute approximate surface area is 123 Å². The molecular formula is C17H16N2O2. The Morgan fingerprint density at radius 3 is 2.67 bits per heavy atom. The Morgan fingerprint density at radius 2 is 1.90 bits per heavy atom. The molecule has 4 heteroatoms. The number of nitrogens with zero attached hydrogens (tertiary/aromatic N) is 2. The first kappa shape index (κ1) is 13.4. The summed E-state index contributed by atoms with van der Waals surface area (Å²) in [5.41, 5.74) is 1.77. The molecule has 0 amide bonds. The Bertz CT molecular complexity index is 681. The summed E-state index contributed by atoms with van der Waals surface area (Å²) >= 11 is 0. The highest BCUT2D eigenvalue weighted by Gasteiger charge is 2.08. The van der Waals surface area contributed by atoms with Crippen LogP contribution in [-0.2, 0) is 0 Å². The third kappa shape index (κ3) is 3.30. The summed E-state index contributed by atoms with van der Waals surface area (Å²) in [6.45, 7) is 0.215. The molecule has 0 saturated heterocycles. The van der Waals surface area contributed by atoms with E-state index < -0.39 is 6.10 Å². The predicted molar refractivity (Wildman–Crippen MR) is 80.5 cm³/mol. The van der Waals surface area contributed by atoms with Crippen LogP contribution >= 0.6 is 0 Å². The Morgan fingerprint density at radius 1 is 1.05 bits per heavy atom. The molecule has 106 valence electrons. The molecule has 1 heterocycles. The first-order valence-electron chi connectivity index (χ1n) is 6.79. The molecule has 2 aromatic carbocycles. The zero-order valence-electron chi connectivity index (χ0n) is 11.5. The van der Waals surface area contributed by atoms with Crippen LogP contribution in [0, 0.1) is 0 Å². The lowest BCUT2D eigenvalue weighted by Crippen LogP contribution is -2.09. The van der Waals surface area contributed by atoms with Crippen LogP contribution in [0.4, 0.5) is 0 Å². The minimum absolute atomic E-state index is 0.215. The van der Waals surface area contributed by atoms with E-state index in [-0.39, 0.29) is 6.61 Å². The van der Waals surface area contributed by atoms with Crippen molar-refractivity contribution < 1.29 is 9.84 Å². The second-order valence-corrected chi connectivity index (χ2v) is 4.69. The van der Waals surface area contributed by atoms with Crippen molar-refractivity contribution >= 4 is 0 Å². The van der Waals surface area contributed by atoms with Crippen LogP contribution in [-0.4, -0.2) is 21.5 Å². The van der Waals surface area contributed by atoms with E-state index in [1.165, 1.54) is 0 Å². The number of aromatic nitrogens is 2. The zero-order valence-corrected chi connectivity index (χ0v) is 11.5. The molecule has 1 N–H and O–H groups in total. The maximum atomic E-state index is 10.1. The maximum absolute atomic E-state index is 10.1. The van der Waals surface area contributed by atoms with Crippen LogP contribution in [0.5, 0.6) is 5.75 Å². The van der Waals surface area contributed by atoms with Crippen molar-refractivity contribution in [1.29, 1.82) is 0 Å². The first-order valence-corrected chi connectivity index (χ1v) is 6.79. The van der Waals surface area contributed by atoms with Crippen molar-refractivity contribution in [3.8, 4) is 11.4 Å². The van der Waals surface area contributed by atoms with Gasteiger partial charge in [0.05, 0.1) is 5.69 Å². The number of aliphatic hydroxyl groups excluding tert-OH is 1. The van der Waals surface area contributed by atoms with Crippen molar-refractivity contribution in [2.24, 2.45) is 0 Å². The van der Waals surface area contributed by atoms with E-state index in [1.54, 1.807) is 10.9 Å². The van der Waals surface area contributed by atoms with E-state index in [9.17, 15) is 5.11 Å². The predicted octanol–water partition coefficient (Wildman–Crippen LogP) is 2.98. The van der Waals surface area contributed by atoms with Crippen molar-refractivity contribution in [2.75, 3.05) is 6.61 Å². The van der Waals surface area contributed by atoms with Crippen LogP contribution in [0.1, 0.15) is 11.7 Å². The highest BCUT2D eigenvalue weighted by atomic mass is 16.5. The lowest BCUT2D eigenvalue weighted by Gasteiger charge is -2.13. The molecule has 4 nitrogen and oxygen atoms in total. The van der Waals surface area contributed by atoms with Gasteiger partial charge in [0, 0.05) is 18.5 Å². The van der Waals surface area contributed by atoms with E-state index in [0.29, 0.717) is 5.75 Å². The minimum Gasteiger partial charge on any atom is -0.490 e. The Balaban J connectivity index is 1.67. The van der Waals surface area contributed by atoms with E-state index in [4.69, 9.17) is 4.74 Å². The van der Waals surface area contributed by atoms with Crippen LogP contribution < -0.4 is 4.74 Å². The smallest absolute Gasteiger partial charge is 0.121 e. The number of hydrogen-bond donors (Lipinski definition) is 1. The summed E-state index contributed by atoms with van der Waals surface area (Å²) in [7, 11) is 0.